The van der Waals surface area contributed by atoms with Crippen LogP contribution in [0.15, 0.2) is 18.5 Å². The van der Waals surface area contributed by atoms with E-state index in [1.165, 1.54) is 6.20 Å². The Hall–Kier alpha value is -1.98. The van der Waals surface area contributed by atoms with Crippen molar-refractivity contribution >= 4 is 11.9 Å². The smallest absolute Gasteiger partial charge is 0.303 e. The van der Waals surface area contributed by atoms with Crippen molar-refractivity contribution in [3.05, 3.63) is 29.8 Å². The summed E-state index contributed by atoms with van der Waals surface area (Å²) >= 11 is 0. The molecule has 0 aliphatic carbocycles. The van der Waals surface area contributed by atoms with E-state index in [0.717, 1.165) is 12.3 Å². The number of halogens is 1. The molecule has 2 N–H and O–H groups in total. The van der Waals surface area contributed by atoms with Gasteiger partial charge in [0.15, 0.2) is 0 Å². The van der Waals surface area contributed by atoms with Gasteiger partial charge in [0.25, 0.3) is 5.91 Å². The summed E-state index contributed by atoms with van der Waals surface area (Å²) < 4.78 is 13.0. The van der Waals surface area contributed by atoms with Gasteiger partial charge in [-0.05, 0) is 24.3 Å². The highest BCUT2D eigenvalue weighted by atomic mass is 19.1. The molecule has 1 aromatic heterocycles. The van der Waals surface area contributed by atoms with E-state index in [9.17, 15) is 14.0 Å². The number of carboxylic acids is 1. The van der Waals surface area contributed by atoms with Crippen molar-refractivity contribution < 1.29 is 19.1 Å². The van der Waals surface area contributed by atoms with E-state index in [-0.39, 0.29) is 24.4 Å². The van der Waals surface area contributed by atoms with Gasteiger partial charge in [-0.1, -0.05) is 13.8 Å². The molecular weight excluding hydrogens is 263 g/mol. The number of nitrogens with zero attached hydrogens (tertiary/aromatic N) is 1. The van der Waals surface area contributed by atoms with Gasteiger partial charge in [0.2, 0.25) is 0 Å². The first kappa shape index (κ1) is 16.1. The number of hydrogen-bond donors (Lipinski definition) is 2. The van der Waals surface area contributed by atoms with Crippen LogP contribution >= 0.6 is 0 Å². The average molecular weight is 282 g/mol. The molecule has 110 valence electrons. The van der Waals surface area contributed by atoms with Crippen LogP contribution in [0.2, 0.25) is 0 Å². The molecule has 5 nitrogen and oxygen atoms in total. The molecule has 1 rings (SSSR count). The first-order chi connectivity index (χ1) is 9.38. The number of nitrogens with one attached hydrogen (secondary N) is 1. The molecule has 0 saturated carbocycles. The van der Waals surface area contributed by atoms with Crippen molar-refractivity contribution in [1.29, 1.82) is 0 Å². The monoisotopic (exact) mass is 282 g/mol. The van der Waals surface area contributed by atoms with Crippen LogP contribution in [0.4, 0.5) is 4.39 Å². The van der Waals surface area contributed by atoms with Crippen LogP contribution in [0, 0.1) is 17.7 Å². The van der Waals surface area contributed by atoms with E-state index in [1.807, 2.05) is 13.8 Å². The molecule has 0 aliphatic heterocycles. The van der Waals surface area contributed by atoms with Crippen molar-refractivity contribution in [3.63, 3.8) is 0 Å². The van der Waals surface area contributed by atoms with Crippen LogP contribution in [-0.4, -0.2) is 28.5 Å². The Morgan fingerprint density at radius 3 is 2.65 bits per heavy atom. The Kier molecular flexibility index (Phi) is 6.09. The van der Waals surface area contributed by atoms with Gasteiger partial charge in [0.1, 0.15) is 5.82 Å². The second kappa shape index (κ2) is 7.57. The largest absolute Gasteiger partial charge is 0.481 e. The lowest BCUT2D eigenvalue weighted by Crippen LogP contribution is -2.31. The minimum atomic E-state index is -0.891. The highest BCUT2D eigenvalue weighted by molar-refractivity contribution is 5.93. The second-order valence-corrected chi connectivity index (χ2v) is 5.20. The molecule has 1 atom stereocenters. The molecule has 0 spiro atoms. The zero-order chi connectivity index (χ0) is 15.1. The quantitative estimate of drug-likeness (QED) is 0.802. The molecule has 0 unspecified atom stereocenters. The molecular formula is C14H19FN2O3. The molecule has 0 fully saturated rings. The van der Waals surface area contributed by atoms with Crippen LogP contribution < -0.4 is 5.32 Å². The van der Waals surface area contributed by atoms with E-state index in [1.54, 1.807) is 0 Å². The topological polar surface area (TPSA) is 79.3 Å². The van der Waals surface area contributed by atoms with Crippen LogP contribution in [0.1, 0.15) is 37.0 Å². The van der Waals surface area contributed by atoms with Crippen molar-refractivity contribution in [2.45, 2.75) is 26.7 Å². The van der Waals surface area contributed by atoms with Crippen molar-refractivity contribution in [2.75, 3.05) is 6.54 Å². The summed E-state index contributed by atoms with van der Waals surface area (Å²) in [5.41, 5.74) is 0.128. The van der Waals surface area contributed by atoms with Crippen LogP contribution in [0.25, 0.3) is 0 Å². The molecule has 1 heterocycles. The lowest BCUT2D eigenvalue weighted by molar-refractivity contribution is -0.138. The number of carboxylic acid groups (broad SMARTS) is 1. The molecule has 0 radical (unpaired) electrons. The predicted molar refractivity (Wildman–Crippen MR) is 71.7 cm³/mol. The summed E-state index contributed by atoms with van der Waals surface area (Å²) in [5.74, 6) is -1.72. The first-order valence-electron chi connectivity index (χ1n) is 6.49. The predicted octanol–water partition coefficient (Wildman–Crippen LogP) is 2.09. The van der Waals surface area contributed by atoms with Crippen LogP contribution in [-0.2, 0) is 4.79 Å². The van der Waals surface area contributed by atoms with E-state index >= 15 is 0 Å². The fraction of sp³-hybridized carbons (Fsp3) is 0.500. The van der Waals surface area contributed by atoms with E-state index in [0.29, 0.717) is 12.3 Å². The Morgan fingerprint density at radius 1 is 1.40 bits per heavy atom. The fourth-order valence-corrected chi connectivity index (χ4v) is 2.03. The van der Waals surface area contributed by atoms with Gasteiger partial charge in [-0.2, -0.15) is 0 Å². The van der Waals surface area contributed by atoms with Gasteiger partial charge < -0.3 is 10.4 Å². The number of carbonyl (C=O) groups excluding carboxylic acids is 1. The highest BCUT2D eigenvalue weighted by Crippen LogP contribution is 2.15. The first-order valence-corrected chi connectivity index (χ1v) is 6.49. The zero-order valence-corrected chi connectivity index (χ0v) is 11.6. The summed E-state index contributed by atoms with van der Waals surface area (Å²) in [6.07, 6.45) is 2.99. The van der Waals surface area contributed by atoms with Crippen LogP contribution in [0.5, 0.6) is 0 Å². The maximum Gasteiger partial charge on any atom is 0.303 e. The second-order valence-electron chi connectivity index (χ2n) is 5.20. The summed E-state index contributed by atoms with van der Waals surface area (Å²) in [7, 11) is 0. The van der Waals surface area contributed by atoms with Gasteiger partial charge in [0, 0.05) is 19.2 Å². The number of rotatable bonds is 7. The molecule has 1 amide bonds. The highest BCUT2D eigenvalue weighted by Gasteiger charge is 2.16. The number of aromatic nitrogens is 1. The third kappa shape index (κ3) is 5.77. The van der Waals surface area contributed by atoms with Crippen LogP contribution in [0.3, 0.4) is 0 Å². The summed E-state index contributed by atoms with van der Waals surface area (Å²) in [6, 6.07) is 1.09. The maximum atomic E-state index is 13.0. The van der Waals surface area contributed by atoms with Gasteiger partial charge >= 0.3 is 5.97 Å². The Balaban J connectivity index is 2.57. The molecule has 0 bridgehead atoms. The Bertz CT molecular complexity index is 477. The van der Waals surface area contributed by atoms with Gasteiger partial charge in [0.05, 0.1) is 11.8 Å². The van der Waals surface area contributed by atoms with Crippen molar-refractivity contribution in [1.82, 2.24) is 10.3 Å². The van der Waals surface area contributed by atoms with E-state index < -0.39 is 17.7 Å². The normalized spacial score (nSPS) is 12.2. The minimum Gasteiger partial charge on any atom is -0.481 e. The third-order valence-electron chi connectivity index (χ3n) is 2.79. The number of hydrogen-bond acceptors (Lipinski definition) is 3. The molecule has 6 heteroatoms. The number of amides is 1. The lowest BCUT2D eigenvalue weighted by Gasteiger charge is -2.17. The molecule has 0 saturated heterocycles. The zero-order valence-electron chi connectivity index (χ0n) is 11.6. The Labute approximate surface area is 117 Å². The molecule has 1 aromatic rings. The third-order valence-corrected chi connectivity index (χ3v) is 2.79. The SMILES string of the molecule is CC(C)C[C@H](CNC(=O)c1cncc(F)c1)CC(=O)O. The Morgan fingerprint density at radius 2 is 2.10 bits per heavy atom. The van der Waals surface area contributed by atoms with Crippen molar-refractivity contribution in [3.8, 4) is 0 Å². The minimum absolute atomic E-state index is 0.000138. The van der Waals surface area contributed by atoms with Gasteiger partial charge in [-0.25, -0.2) is 4.39 Å². The number of carbonyl (C=O) groups is 2. The molecule has 0 aromatic carbocycles. The van der Waals surface area contributed by atoms with Crippen molar-refractivity contribution in [2.24, 2.45) is 11.8 Å². The number of pyridine rings is 1. The standard InChI is InChI=1S/C14H19FN2O3/c1-9(2)3-10(4-13(18)19)6-17-14(20)11-5-12(15)8-16-7-11/h5,7-10H,3-4,6H2,1-2H3,(H,17,20)(H,18,19)/t10-/m0/s1. The van der Waals surface area contributed by atoms with Gasteiger partial charge in [-0.3, -0.25) is 14.6 Å². The summed E-state index contributed by atoms with van der Waals surface area (Å²) in [6.45, 7) is 4.24. The van der Waals surface area contributed by atoms with Gasteiger partial charge in [-0.15, -0.1) is 0 Å². The summed E-state index contributed by atoms with van der Waals surface area (Å²) in [5, 5.41) is 11.5. The lowest BCUT2D eigenvalue weighted by atomic mass is 9.94. The fourth-order valence-electron chi connectivity index (χ4n) is 2.03. The molecule has 20 heavy (non-hydrogen) atoms. The summed E-state index contributed by atoms with van der Waals surface area (Å²) in [4.78, 5) is 26.2. The maximum absolute atomic E-state index is 13.0. The number of aliphatic carboxylic acids is 1. The molecule has 0 aliphatic rings. The van der Waals surface area contributed by atoms with E-state index in [4.69, 9.17) is 5.11 Å². The van der Waals surface area contributed by atoms with E-state index in [2.05, 4.69) is 10.3 Å². The average Bonchev–Trinajstić information content (AvgIpc) is 2.34.